The van der Waals surface area contributed by atoms with Crippen LogP contribution in [0.25, 0.3) is 0 Å². The number of nitrogens with zero attached hydrogens (tertiary/aromatic N) is 2. The van der Waals surface area contributed by atoms with Crippen molar-refractivity contribution in [1.82, 2.24) is 9.13 Å². The molecule has 1 amide bonds. The molecule has 0 saturated heterocycles. The van der Waals surface area contributed by atoms with Crippen LogP contribution in [-0.4, -0.2) is 15.0 Å². The smallest absolute Gasteiger partial charge is 0.332 e. The Bertz CT molecular complexity index is 582. The van der Waals surface area contributed by atoms with Crippen LogP contribution in [0.3, 0.4) is 0 Å². The van der Waals surface area contributed by atoms with E-state index >= 15 is 0 Å². The molecular formula is C10H14N4O3. The topological polar surface area (TPSA) is 99.1 Å². The third-order valence-electron chi connectivity index (χ3n) is 2.30. The van der Waals surface area contributed by atoms with Crippen molar-refractivity contribution in [3.8, 4) is 0 Å². The lowest BCUT2D eigenvalue weighted by atomic mass is 10.3. The molecule has 0 aliphatic rings. The Morgan fingerprint density at radius 1 is 1.41 bits per heavy atom. The molecule has 0 fully saturated rings. The number of carbonyl (C=O) groups is 1. The van der Waals surface area contributed by atoms with E-state index in [1.807, 2.05) is 0 Å². The van der Waals surface area contributed by atoms with Crippen molar-refractivity contribution < 1.29 is 4.79 Å². The SMILES string of the molecule is C=CCC(=O)Nc1c(N)n(C)c(=O)n(C)c1=O. The molecule has 7 heteroatoms. The van der Waals surface area contributed by atoms with E-state index in [4.69, 9.17) is 5.73 Å². The van der Waals surface area contributed by atoms with Crippen molar-refractivity contribution in [1.29, 1.82) is 0 Å². The summed E-state index contributed by atoms with van der Waals surface area (Å²) in [5, 5.41) is 2.36. The van der Waals surface area contributed by atoms with Crippen LogP contribution in [0.2, 0.25) is 0 Å². The van der Waals surface area contributed by atoms with Gasteiger partial charge in [0.2, 0.25) is 5.91 Å². The fraction of sp³-hybridized carbons (Fsp3) is 0.300. The second-order valence-corrected chi connectivity index (χ2v) is 3.51. The molecule has 0 saturated carbocycles. The number of hydrogen-bond acceptors (Lipinski definition) is 4. The molecule has 0 radical (unpaired) electrons. The predicted octanol–water partition coefficient (Wildman–Crippen LogP) is -0.819. The monoisotopic (exact) mass is 238 g/mol. The minimum Gasteiger partial charge on any atom is -0.383 e. The highest BCUT2D eigenvalue weighted by atomic mass is 16.2. The lowest BCUT2D eigenvalue weighted by molar-refractivity contribution is -0.115. The first-order valence-corrected chi connectivity index (χ1v) is 4.86. The fourth-order valence-corrected chi connectivity index (χ4v) is 1.30. The second kappa shape index (κ2) is 4.69. The molecular weight excluding hydrogens is 224 g/mol. The molecule has 1 heterocycles. The Kier molecular flexibility index (Phi) is 3.52. The van der Waals surface area contributed by atoms with Crippen molar-refractivity contribution in [2.24, 2.45) is 14.1 Å². The Morgan fingerprint density at radius 2 is 2.00 bits per heavy atom. The summed E-state index contributed by atoms with van der Waals surface area (Å²) in [4.78, 5) is 34.6. The largest absolute Gasteiger partial charge is 0.383 e. The zero-order chi connectivity index (χ0) is 13.2. The third-order valence-corrected chi connectivity index (χ3v) is 2.30. The van der Waals surface area contributed by atoms with Gasteiger partial charge >= 0.3 is 5.69 Å². The minimum atomic E-state index is -0.636. The summed E-state index contributed by atoms with van der Waals surface area (Å²) < 4.78 is 1.96. The number of anilines is 2. The molecule has 1 aromatic rings. The van der Waals surface area contributed by atoms with Crippen molar-refractivity contribution in [3.05, 3.63) is 33.5 Å². The number of hydrogen-bond donors (Lipinski definition) is 2. The number of aromatic nitrogens is 2. The number of nitrogens with one attached hydrogen (secondary N) is 1. The third kappa shape index (κ3) is 2.27. The van der Waals surface area contributed by atoms with Crippen LogP contribution in [0.4, 0.5) is 11.5 Å². The molecule has 1 rings (SSSR count). The number of nitrogen functional groups attached to an aromatic ring is 1. The second-order valence-electron chi connectivity index (χ2n) is 3.51. The van der Waals surface area contributed by atoms with Gasteiger partial charge in [-0.1, -0.05) is 6.08 Å². The van der Waals surface area contributed by atoms with E-state index in [2.05, 4.69) is 11.9 Å². The molecule has 0 spiro atoms. The molecule has 0 aliphatic carbocycles. The maximum Gasteiger partial charge on any atom is 0.332 e. The Labute approximate surface area is 97.2 Å². The number of rotatable bonds is 3. The van der Waals surface area contributed by atoms with E-state index in [0.717, 1.165) is 9.13 Å². The highest BCUT2D eigenvalue weighted by Gasteiger charge is 2.14. The Morgan fingerprint density at radius 3 is 2.53 bits per heavy atom. The molecule has 0 atom stereocenters. The zero-order valence-electron chi connectivity index (χ0n) is 9.69. The molecule has 0 aliphatic heterocycles. The van der Waals surface area contributed by atoms with Crippen LogP contribution < -0.4 is 22.3 Å². The molecule has 1 aromatic heterocycles. The molecule has 0 bridgehead atoms. The zero-order valence-corrected chi connectivity index (χ0v) is 9.69. The van der Waals surface area contributed by atoms with Crippen molar-refractivity contribution in [3.63, 3.8) is 0 Å². The predicted molar refractivity (Wildman–Crippen MR) is 64.8 cm³/mol. The molecule has 7 nitrogen and oxygen atoms in total. The van der Waals surface area contributed by atoms with Gasteiger partial charge in [-0.3, -0.25) is 18.7 Å². The lowest BCUT2D eigenvalue weighted by Gasteiger charge is -2.11. The van der Waals surface area contributed by atoms with Crippen LogP contribution in [0.15, 0.2) is 22.2 Å². The highest BCUT2D eigenvalue weighted by molar-refractivity contribution is 5.93. The van der Waals surface area contributed by atoms with E-state index < -0.39 is 17.2 Å². The first kappa shape index (κ1) is 12.8. The van der Waals surface area contributed by atoms with Gasteiger partial charge < -0.3 is 11.1 Å². The Hall–Kier alpha value is -2.31. The number of amides is 1. The molecule has 0 aromatic carbocycles. The van der Waals surface area contributed by atoms with Gasteiger partial charge in [-0.2, -0.15) is 0 Å². The quantitative estimate of drug-likeness (QED) is 0.672. The summed E-state index contributed by atoms with van der Waals surface area (Å²) in [6, 6.07) is 0. The van der Waals surface area contributed by atoms with Gasteiger partial charge in [0.05, 0.1) is 0 Å². The average molecular weight is 238 g/mol. The summed E-state index contributed by atoms with van der Waals surface area (Å²) in [6.07, 6.45) is 1.46. The van der Waals surface area contributed by atoms with Crippen LogP contribution >= 0.6 is 0 Å². The maximum absolute atomic E-state index is 11.7. The van der Waals surface area contributed by atoms with Gasteiger partial charge in [0.1, 0.15) is 11.5 Å². The number of carbonyl (C=O) groups excluding carboxylic acids is 1. The summed E-state index contributed by atoms with van der Waals surface area (Å²) in [7, 11) is 2.73. The normalized spacial score (nSPS) is 10.0. The van der Waals surface area contributed by atoms with Crippen molar-refractivity contribution in [2.75, 3.05) is 11.1 Å². The summed E-state index contributed by atoms with van der Waals surface area (Å²) in [5.74, 6) is -0.488. The van der Waals surface area contributed by atoms with E-state index in [1.165, 1.54) is 20.2 Å². The van der Waals surface area contributed by atoms with Crippen LogP contribution in [-0.2, 0) is 18.9 Å². The van der Waals surface area contributed by atoms with E-state index in [9.17, 15) is 14.4 Å². The molecule has 3 N–H and O–H groups in total. The number of nitrogens with two attached hydrogens (primary N) is 1. The lowest BCUT2D eigenvalue weighted by Crippen LogP contribution is -2.40. The van der Waals surface area contributed by atoms with Crippen LogP contribution in [0.1, 0.15) is 6.42 Å². The first-order valence-electron chi connectivity index (χ1n) is 4.86. The highest BCUT2D eigenvalue weighted by Crippen LogP contribution is 2.09. The van der Waals surface area contributed by atoms with E-state index in [0.29, 0.717) is 0 Å². The fourth-order valence-electron chi connectivity index (χ4n) is 1.30. The Balaban J connectivity index is 3.35. The van der Waals surface area contributed by atoms with Crippen LogP contribution in [0, 0.1) is 0 Å². The van der Waals surface area contributed by atoms with Gasteiger partial charge in [0.25, 0.3) is 5.56 Å². The summed E-state index contributed by atoms with van der Waals surface area (Å²) in [5.41, 5.74) is 4.33. The first-order chi connectivity index (χ1) is 7.90. The molecule has 0 unspecified atom stereocenters. The maximum atomic E-state index is 11.7. The van der Waals surface area contributed by atoms with Gasteiger partial charge in [-0.25, -0.2) is 4.79 Å². The standard InChI is InChI=1S/C10H14N4O3/c1-4-5-6(15)12-7-8(11)13(2)10(17)14(3)9(7)16/h4H,1,5,11H2,2-3H3,(H,12,15). The minimum absolute atomic E-state index is 0.0609. The molecule has 17 heavy (non-hydrogen) atoms. The van der Waals surface area contributed by atoms with E-state index in [-0.39, 0.29) is 17.9 Å². The van der Waals surface area contributed by atoms with E-state index in [1.54, 1.807) is 0 Å². The van der Waals surface area contributed by atoms with Gasteiger partial charge in [0, 0.05) is 20.5 Å². The van der Waals surface area contributed by atoms with Crippen LogP contribution in [0.5, 0.6) is 0 Å². The average Bonchev–Trinajstić information content (AvgIpc) is 2.30. The summed E-state index contributed by atoms with van der Waals surface area (Å²) >= 11 is 0. The van der Waals surface area contributed by atoms with Gasteiger partial charge in [-0.05, 0) is 0 Å². The van der Waals surface area contributed by atoms with Crippen molar-refractivity contribution >= 4 is 17.4 Å². The van der Waals surface area contributed by atoms with Gasteiger partial charge in [0.15, 0.2) is 0 Å². The molecule has 92 valence electrons. The van der Waals surface area contributed by atoms with Gasteiger partial charge in [-0.15, -0.1) is 6.58 Å². The van der Waals surface area contributed by atoms with Crippen molar-refractivity contribution in [2.45, 2.75) is 6.42 Å². The summed E-state index contributed by atoms with van der Waals surface area (Å²) in [6.45, 7) is 3.41.